The Morgan fingerprint density at radius 1 is 1.63 bits per heavy atom. The normalized spacial score (nSPS) is 19.1. The van der Waals surface area contributed by atoms with Crippen LogP contribution in [0.25, 0.3) is 0 Å². The second-order valence-electron chi connectivity index (χ2n) is 4.75. The van der Waals surface area contributed by atoms with Gasteiger partial charge < -0.3 is 10.6 Å². The molecule has 0 saturated carbocycles. The van der Waals surface area contributed by atoms with Gasteiger partial charge in [-0.1, -0.05) is 6.92 Å². The van der Waals surface area contributed by atoms with E-state index in [1.807, 2.05) is 4.90 Å². The number of nitrogens with two attached hydrogens (primary N) is 1. The summed E-state index contributed by atoms with van der Waals surface area (Å²) < 4.78 is 0. The molecule has 1 aromatic heterocycles. The van der Waals surface area contributed by atoms with Gasteiger partial charge in [0.05, 0.1) is 10.7 Å². The van der Waals surface area contributed by atoms with Crippen LogP contribution in [0.5, 0.6) is 0 Å². The van der Waals surface area contributed by atoms with Crippen molar-refractivity contribution in [3.63, 3.8) is 0 Å². The number of aryl methyl sites for hydroxylation is 1. The second-order valence-corrected chi connectivity index (χ2v) is 5.64. The molecule has 1 amide bonds. The highest BCUT2D eigenvalue weighted by molar-refractivity contribution is 7.09. The number of carbonyl (C=O) groups is 1. The van der Waals surface area contributed by atoms with Gasteiger partial charge in [-0.3, -0.25) is 4.79 Å². The number of hydrogen-bond donors (Lipinski definition) is 1. The monoisotopic (exact) mass is 303 g/mol. The van der Waals surface area contributed by atoms with Gasteiger partial charge in [0.2, 0.25) is 5.91 Å². The zero-order valence-electron chi connectivity index (χ0n) is 11.3. The zero-order chi connectivity index (χ0) is 13.0. The summed E-state index contributed by atoms with van der Waals surface area (Å²) in [6.07, 6.45) is 3.66. The van der Waals surface area contributed by atoms with E-state index in [0.29, 0.717) is 18.9 Å². The first-order chi connectivity index (χ1) is 8.74. The van der Waals surface area contributed by atoms with Crippen LogP contribution in [0.2, 0.25) is 0 Å². The molecule has 0 radical (unpaired) electrons. The zero-order valence-corrected chi connectivity index (χ0v) is 12.9. The van der Waals surface area contributed by atoms with E-state index in [1.54, 1.807) is 11.3 Å². The van der Waals surface area contributed by atoms with Crippen LogP contribution in [0.1, 0.15) is 42.8 Å². The van der Waals surface area contributed by atoms with Crippen molar-refractivity contribution >= 4 is 29.7 Å². The van der Waals surface area contributed by atoms with Crippen molar-refractivity contribution in [3.05, 3.63) is 16.1 Å². The molecule has 0 aromatic carbocycles. The third-order valence-electron chi connectivity index (χ3n) is 3.41. The first kappa shape index (κ1) is 16.4. The van der Waals surface area contributed by atoms with E-state index < -0.39 is 0 Å². The van der Waals surface area contributed by atoms with Crippen molar-refractivity contribution in [2.75, 3.05) is 19.6 Å². The predicted octanol–water partition coefficient (Wildman–Crippen LogP) is 2.18. The maximum Gasteiger partial charge on any atom is 0.223 e. The number of piperidine rings is 1. The van der Waals surface area contributed by atoms with Crippen molar-refractivity contribution in [2.24, 2.45) is 5.73 Å². The highest BCUT2D eigenvalue weighted by atomic mass is 35.5. The molecule has 1 fully saturated rings. The minimum absolute atomic E-state index is 0. The van der Waals surface area contributed by atoms with Crippen LogP contribution in [0.3, 0.4) is 0 Å². The maximum absolute atomic E-state index is 11.9. The van der Waals surface area contributed by atoms with E-state index >= 15 is 0 Å². The quantitative estimate of drug-likeness (QED) is 0.927. The molecule has 2 heterocycles. The van der Waals surface area contributed by atoms with Gasteiger partial charge in [-0.15, -0.1) is 23.7 Å². The molecule has 1 aliphatic heterocycles. The fourth-order valence-corrected chi connectivity index (χ4v) is 3.39. The number of rotatable bonds is 4. The Balaban J connectivity index is 0.00000180. The summed E-state index contributed by atoms with van der Waals surface area (Å²) >= 11 is 1.73. The molecule has 1 saturated heterocycles. The van der Waals surface area contributed by atoms with E-state index in [2.05, 4.69) is 17.3 Å². The van der Waals surface area contributed by atoms with Gasteiger partial charge >= 0.3 is 0 Å². The lowest BCUT2D eigenvalue weighted by Gasteiger charge is -2.31. The summed E-state index contributed by atoms with van der Waals surface area (Å²) in [6, 6.07) is 0. The Morgan fingerprint density at radius 2 is 2.42 bits per heavy atom. The summed E-state index contributed by atoms with van der Waals surface area (Å²) in [5.41, 5.74) is 6.61. The predicted molar refractivity (Wildman–Crippen MR) is 81.0 cm³/mol. The summed E-state index contributed by atoms with van der Waals surface area (Å²) in [5, 5.41) is 3.33. The first-order valence-electron chi connectivity index (χ1n) is 6.66. The summed E-state index contributed by atoms with van der Waals surface area (Å²) in [4.78, 5) is 18.5. The number of halogens is 1. The van der Waals surface area contributed by atoms with Crippen molar-refractivity contribution in [3.8, 4) is 0 Å². The first-order valence-corrected chi connectivity index (χ1v) is 7.54. The van der Waals surface area contributed by atoms with Gasteiger partial charge in [0.15, 0.2) is 0 Å². The van der Waals surface area contributed by atoms with E-state index in [4.69, 9.17) is 5.73 Å². The lowest BCUT2D eigenvalue weighted by atomic mass is 9.98. The molecular weight excluding hydrogens is 282 g/mol. The average Bonchev–Trinajstić information content (AvgIpc) is 2.88. The van der Waals surface area contributed by atoms with Crippen molar-refractivity contribution < 1.29 is 4.79 Å². The van der Waals surface area contributed by atoms with Crippen molar-refractivity contribution in [1.29, 1.82) is 0 Å². The van der Waals surface area contributed by atoms with Crippen LogP contribution < -0.4 is 5.73 Å². The number of likely N-dealkylation sites (tertiary alicyclic amines) is 1. The van der Waals surface area contributed by atoms with Gasteiger partial charge in [0.1, 0.15) is 0 Å². The molecular formula is C13H22ClN3OS. The Bertz CT molecular complexity index is 410. The van der Waals surface area contributed by atoms with Crippen LogP contribution in [-0.4, -0.2) is 35.4 Å². The molecule has 1 aliphatic rings. The van der Waals surface area contributed by atoms with Crippen LogP contribution in [0.4, 0.5) is 0 Å². The Hall–Kier alpha value is -0.650. The molecule has 0 bridgehead atoms. The average molecular weight is 304 g/mol. The van der Waals surface area contributed by atoms with Gasteiger partial charge in [-0.25, -0.2) is 4.98 Å². The molecule has 19 heavy (non-hydrogen) atoms. The molecule has 6 heteroatoms. The SMILES string of the molecule is CCc1csc(C2CCCN(C(=O)CCN)C2)n1.Cl. The molecule has 1 unspecified atom stereocenters. The van der Waals surface area contributed by atoms with E-state index in [0.717, 1.165) is 32.4 Å². The highest BCUT2D eigenvalue weighted by Crippen LogP contribution is 2.29. The third-order valence-corrected chi connectivity index (χ3v) is 4.47. The minimum Gasteiger partial charge on any atom is -0.342 e. The lowest BCUT2D eigenvalue weighted by molar-refractivity contribution is -0.132. The van der Waals surface area contributed by atoms with Crippen molar-refractivity contribution in [1.82, 2.24) is 9.88 Å². The van der Waals surface area contributed by atoms with E-state index in [-0.39, 0.29) is 18.3 Å². The van der Waals surface area contributed by atoms with Crippen LogP contribution in [-0.2, 0) is 11.2 Å². The number of amides is 1. The van der Waals surface area contributed by atoms with Gasteiger partial charge in [-0.05, 0) is 19.3 Å². The van der Waals surface area contributed by atoms with Crippen LogP contribution in [0.15, 0.2) is 5.38 Å². The smallest absolute Gasteiger partial charge is 0.223 e. The van der Waals surface area contributed by atoms with Gasteiger partial charge in [0, 0.05) is 37.4 Å². The third kappa shape index (κ3) is 4.16. The Labute approximate surface area is 124 Å². The van der Waals surface area contributed by atoms with E-state index in [1.165, 1.54) is 10.7 Å². The molecule has 1 atom stereocenters. The van der Waals surface area contributed by atoms with Gasteiger partial charge in [0.25, 0.3) is 0 Å². The Morgan fingerprint density at radius 3 is 3.05 bits per heavy atom. The van der Waals surface area contributed by atoms with Crippen molar-refractivity contribution in [2.45, 2.75) is 38.5 Å². The number of aromatic nitrogens is 1. The number of carbonyl (C=O) groups excluding carboxylic acids is 1. The largest absolute Gasteiger partial charge is 0.342 e. The number of nitrogens with zero attached hydrogens (tertiary/aromatic N) is 2. The number of thiazole rings is 1. The topological polar surface area (TPSA) is 59.2 Å². The van der Waals surface area contributed by atoms with E-state index in [9.17, 15) is 4.79 Å². The Kier molecular flexibility index (Phi) is 6.75. The molecule has 2 rings (SSSR count). The maximum atomic E-state index is 11.9. The minimum atomic E-state index is 0. The molecule has 0 spiro atoms. The number of hydrogen-bond acceptors (Lipinski definition) is 4. The fraction of sp³-hybridized carbons (Fsp3) is 0.692. The molecule has 1 aromatic rings. The standard InChI is InChI=1S/C13H21N3OS.ClH/c1-2-11-9-18-13(15-11)10-4-3-7-16(8-10)12(17)5-6-14;/h9-10H,2-8,14H2,1H3;1H. The molecule has 2 N–H and O–H groups in total. The molecule has 0 aliphatic carbocycles. The van der Waals surface area contributed by atoms with Crippen LogP contribution >= 0.6 is 23.7 Å². The molecule has 108 valence electrons. The summed E-state index contributed by atoms with van der Waals surface area (Å²) in [5.74, 6) is 0.611. The van der Waals surface area contributed by atoms with Gasteiger partial charge in [-0.2, -0.15) is 0 Å². The highest BCUT2D eigenvalue weighted by Gasteiger charge is 2.26. The summed E-state index contributed by atoms with van der Waals surface area (Å²) in [6.45, 7) is 4.25. The lowest BCUT2D eigenvalue weighted by Crippen LogP contribution is -2.39. The van der Waals surface area contributed by atoms with Crippen LogP contribution in [0, 0.1) is 0 Å². The fourth-order valence-electron chi connectivity index (χ4n) is 2.36. The summed E-state index contributed by atoms with van der Waals surface area (Å²) in [7, 11) is 0. The molecule has 4 nitrogen and oxygen atoms in total. The second kappa shape index (κ2) is 7.82.